The largest absolute Gasteiger partial charge is 0.495 e. The highest BCUT2D eigenvalue weighted by molar-refractivity contribution is 7.98. The van der Waals surface area contributed by atoms with Crippen LogP contribution in [0.5, 0.6) is 5.75 Å². The smallest absolute Gasteiger partial charge is 0.341 e. The van der Waals surface area contributed by atoms with Crippen LogP contribution in [0.4, 0.5) is 0 Å². The quantitative estimate of drug-likeness (QED) is 0.828. The van der Waals surface area contributed by atoms with Crippen molar-refractivity contribution in [3.63, 3.8) is 0 Å². The molecular weight excluding hydrogens is 214 g/mol. The van der Waals surface area contributed by atoms with Crippen LogP contribution in [0, 0.1) is 0 Å². The van der Waals surface area contributed by atoms with E-state index in [2.05, 4.69) is 4.98 Å². The number of nitrogens with zero attached hydrogens (tertiary/aromatic N) is 1. The minimum Gasteiger partial charge on any atom is -0.495 e. The Morgan fingerprint density at radius 2 is 2.47 bits per heavy atom. The van der Waals surface area contributed by atoms with Crippen LogP contribution in [0.25, 0.3) is 0 Å². The zero-order chi connectivity index (χ0) is 10.8. The Morgan fingerprint density at radius 3 is 3.13 bits per heavy atom. The van der Waals surface area contributed by atoms with Gasteiger partial charge in [-0.15, -0.1) is 0 Å². The zero-order valence-electron chi connectivity index (χ0n) is 8.32. The second-order valence-corrected chi connectivity index (χ2v) is 4.34. The molecule has 0 fully saturated rings. The predicted octanol–water partition coefficient (Wildman–Crippen LogP) is 1.58. The number of carbonyl (C=O) groups is 1. The van der Waals surface area contributed by atoms with E-state index < -0.39 is 5.97 Å². The van der Waals surface area contributed by atoms with Gasteiger partial charge < -0.3 is 9.84 Å². The second-order valence-electron chi connectivity index (χ2n) is 3.24. The third kappa shape index (κ3) is 1.79. The van der Waals surface area contributed by atoms with Gasteiger partial charge in [0.2, 0.25) is 0 Å². The monoisotopic (exact) mass is 225 g/mol. The first-order valence-corrected chi connectivity index (χ1v) is 5.75. The molecule has 1 aliphatic heterocycles. The molecule has 15 heavy (non-hydrogen) atoms. The summed E-state index contributed by atoms with van der Waals surface area (Å²) >= 11 is 1.77. The van der Waals surface area contributed by atoms with Crippen molar-refractivity contribution < 1.29 is 14.6 Å². The highest BCUT2D eigenvalue weighted by atomic mass is 32.2. The minimum atomic E-state index is -0.988. The molecule has 0 bridgehead atoms. The molecule has 0 atom stereocenters. The van der Waals surface area contributed by atoms with Crippen molar-refractivity contribution in [3.8, 4) is 5.75 Å². The maximum atomic E-state index is 10.9. The number of methoxy groups -OCH3 is 1. The standard InChI is InChI=1S/C10H11NO3S/c1-14-9-6(10(12)13)4-11-8-2-3-15-5-7(8)9/h4H,2-3,5H2,1H3,(H,12,13). The molecule has 4 nitrogen and oxygen atoms in total. The van der Waals surface area contributed by atoms with Crippen molar-refractivity contribution in [3.05, 3.63) is 23.0 Å². The fraction of sp³-hybridized carbons (Fsp3) is 0.400. The Bertz CT molecular complexity index is 406. The van der Waals surface area contributed by atoms with Crippen molar-refractivity contribution in [1.29, 1.82) is 0 Å². The van der Waals surface area contributed by atoms with Gasteiger partial charge in [-0.25, -0.2) is 4.79 Å². The van der Waals surface area contributed by atoms with Crippen molar-refractivity contribution in [2.75, 3.05) is 12.9 Å². The topological polar surface area (TPSA) is 59.4 Å². The van der Waals surface area contributed by atoms with Crippen LogP contribution >= 0.6 is 11.8 Å². The molecule has 1 aromatic heterocycles. The molecular formula is C10H11NO3S. The van der Waals surface area contributed by atoms with Gasteiger partial charge in [0.05, 0.1) is 7.11 Å². The van der Waals surface area contributed by atoms with Gasteiger partial charge in [0.25, 0.3) is 0 Å². The average Bonchev–Trinajstić information content (AvgIpc) is 2.27. The molecule has 5 heteroatoms. The third-order valence-electron chi connectivity index (χ3n) is 2.38. The summed E-state index contributed by atoms with van der Waals surface area (Å²) in [6.07, 6.45) is 2.27. The van der Waals surface area contributed by atoms with Gasteiger partial charge in [0.15, 0.2) is 0 Å². The molecule has 1 N–H and O–H groups in total. The molecule has 0 radical (unpaired) electrons. The van der Waals surface area contributed by atoms with Crippen LogP contribution in [0.15, 0.2) is 6.20 Å². The van der Waals surface area contributed by atoms with Crippen molar-refractivity contribution in [2.45, 2.75) is 12.2 Å². The van der Waals surface area contributed by atoms with Gasteiger partial charge in [-0.1, -0.05) is 0 Å². The lowest BCUT2D eigenvalue weighted by molar-refractivity contribution is 0.0692. The summed E-state index contributed by atoms with van der Waals surface area (Å²) in [6.45, 7) is 0. The minimum absolute atomic E-state index is 0.152. The number of ether oxygens (including phenoxy) is 1. The predicted molar refractivity (Wildman–Crippen MR) is 57.6 cm³/mol. The number of fused-ring (bicyclic) bond motifs is 1. The molecule has 0 aliphatic carbocycles. The molecule has 1 aliphatic rings. The summed E-state index contributed by atoms with van der Waals surface area (Å²) in [6, 6.07) is 0. The summed E-state index contributed by atoms with van der Waals surface area (Å²) in [7, 11) is 1.50. The maximum absolute atomic E-state index is 10.9. The maximum Gasteiger partial charge on any atom is 0.341 e. The number of rotatable bonds is 2. The van der Waals surface area contributed by atoms with Gasteiger partial charge in [-0.2, -0.15) is 11.8 Å². The molecule has 0 unspecified atom stereocenters. The Balaban J connectivity index is 2.56. The van der Waals surface area contributed by atoms with Crippen LogP contribution in [0.1, 0.15) is 21.6 Å². The van der Waals surface area contributed by atoms with Crippen LogP contribution in [0.2, 0.25) is 0 Å². The number of aromatic nitrogens is 1. The van der Waals surface area contributed by atoms with E-state index in [1.54, 1.807) is 11.8 Å². The Kier molecular flexibility index (Phi) is 2.81. The molecule has 0 aromatic carbocycles. The molecule has 1 aromatic rings. The number of carboxylic acids is 1. The van der Waals surface area contributed by atoms with Gasteiger partial charge in [-0.3, -0.25) is 4.98 Å². The van der Waals surface area contributed by atoms with Crippen molar-refractivity contribution >= 4 is 17.7 Å². The summed E-state index contributed by atoms with van der Waals surface area (Å²) < 4.78 is 5.17. The molecule has 0 saturated heterocycles. The fourth-order valence-corrected chi connectivity index (χ4v) is 2.65. The van der Waals surface area contributed by atoms with E-state index in [9.17, 15) is 4.79 Å². The van der Waals surface area contributed by atoms with Gasteiger partial charge in [0.1, 0.15) is 11.3 Å². The first kappa shape index (κ1) is 10.3. The van der Waals surface area contributed by atoms with E-state index >= 15 is 0 Å². The molecule has 0 spiro atoms. The van der Waals surface area contributed by atoms with E-state index in [-0.39, 0.29) is 5.56 Å². The first-order chi connectivity index (χ1) is 7.24. The van der Waals surface area contributed by atoms with Gasteiger partial charge in [-0.05, 0) is 12.2 Å². The summed E-state index contributed by atoms with van der Waals surface area (Å²) in [5, 5.41) is 8.97. The molecule has 80 valence electrons. The Hall–Kier alpha value is -1.23. The zero-order valence-corrected chi connectivity index (χ0v) is 9.13. The number of carboxylic acid groups (broad SMARTS) is 1. The summed E-state index contributed by atoms with van der Waals surface area (Å²) in [5.74, 6) is 1.31. The molecule has 2 rings (SSSR count). The Labute approximate surface area is 91.7 Å². The fourth-order valence-electron chi connectivity index (χ4n) is 1.67. The number of aromatic carboxylic acids is 1. The van der Waals surface area contributed by atoms with Gasteiger partial charge in [0, 0.05) is 23.2 Å². The van der Waals surface area contributed by atoms with E-state index in [0.29, 0.717) is 5.75 Å². The number of thioether (sulfide) groups is 1. The average molecular weight is 225 g/mol. The van der Waals surface area contributed by atoms with Crippen molar-refractivity contribution in [1.82, 2.24) is 4.98 Å². The lowest BCUT2D eigenvalue weighted by Gasteiger charge is -2.18. The highest BCUT2D eigenvalue weighted by Crippen LogP contribution is 2.33. The van der Waals surface area contributed by atoms with Crippen LogP contribution in [-0.2, 0) is 12.2 Å². The number of hydrogen-bond acceptors (Lipinski definition) is 4. The van der Waals surface area contributed by atoms with Crippen molar-refractivity contribution in [2.24, 2.45) is 0 Å². The molecule has 0 saturated carbocycles. The third-order valence-corrected chi connectivity index (χ3v) is 3.37. The Morgan fingerprint density at radius 1 is 1.67 bits per heavy atom. The summed E-state index contributed by atoms with van der Waals surface area (Å²) in [5.41, 5.74) is 2.06. The lowest BCUT2D eigenvalue weighted by Crippen LogP contribution is -2.11. The van der Waals surface area contributed by atoms with E-state index in [4.69, 9.17) is 9.84 Å². The van der Waals surface area contributed by atoms with E-state index in [0.717, 1.165) is 29.2 Å². The van der Waals surface area contributed by atoms with Crippen LogP contribution in [0.3, 0.4) is 0 Å². The SMILES string of the molecule is COc1c(C(=O)O)cnc2c1CSCC2. The molecule has 2 heterocycles. The number of hydrogen-bond donors (Lipinski definition) is 1. The van der Waals surface area contributed by atoms with Crippen LogP contribution in [-0.4, -0.2) is 28.9 Å². The highest BCUT2D eigenvalue weighted by Gasteiger charge is 2.21. The first-order valence-electron chi connectivity index (χ1n) is 4.60. The van der Waals surface area contributed by atoms with Gasteiger partial charge >= 0.3 is 5.97 Å². The van der Waals surface area contributed by atoms with E-state index in [1.165, 1.54) is 13.3 Å². The molecule has 0 amide bonds. The van der Waals surface area contributed by atoms with E-state index in [1.807, 2.05) is 0 Å². The number of pyridine rings is 1. The number of aryl methyl sites for hydroxylation is 1. The summed E-state index contributed by atoms with van der Waals surface area (Å²) in [4.78, 5) is 15.1. The lowest BCUT2D eigenvalue weighted by atomic mass is 10.1. The van der Waals surface area contributed by atoms with Crippen LogP contribution < -0.4 is 4.74 Å². The second kappa shape index (κ2) is 4.10. The normalized spacial score (nSPS) is 14.5.